The van der Waals surface area contributed by atoms with Crippen LogP contribution < -0.4 is 10.7 Å². The van der Waals surface area contributed by atoms with Gasteiger partial charge in [0.15, 0.2) is 0 Å². The van der Waals surface area contributed by atoms with Crippen molar-refractivity contribution in [3.05, 3.63) is 35.0 Å². The van der Waals surface area contributed by atoms with E-state index < -0.39 is 20.1 Å². The van der Waals surface area contributed by atoms with Crippen molar-refractivity contribution in [2.24, 2.45) is 9.98 Å². The number of hydrogen-bond acceptors (Lipinski definition) is 3. The summed E-state index contributed by atoms with van der Waals surface area (Å²) in [4.78, 5) is 42.8. The lowest BCUT2D eigenvalue weighted by Crippen LogP contribution is -2.33. The molecule has 0 spiro atoms. The number of carbonyl (C=O) groups excluding carboxylic acids is 2. The highest BCUT2D eigenvalue weighted by Gasteiger charge is 2.13. The maximum absolute atomic E-state index is 10.7. The standard InChI is InChI=1S/C8H4N2O2.HO3P/c11-7-8(12)10-6-4-2-1-3-5(6)9-7;1-4(2)3/h1-4H;(H-,1,2,3)/p+1. The van der Waals surface area contributed by atoms with E-state index in [0.717, 1.165) is 0 Å². The first-order valence-corrected chi connectivity index (χ1v) is 5.13. The molecule has 8 heteroatoms. The van der Waals surface area contributed by atoms with Crippen LogP contribution in [0.1, 0.15) is 0 Å². The van der Waals surface area contributed by atoms with Crippen molar-refractivity contribution in [2.75, 3.05) is 0 Å². The third kappa shape index (κ3) is 3.39. The zero-order chi connectivity index (χ0) is 12.1. The van der Waals surface area contributed by atoms with Crippen LogP contribution in [-0.4, -0.2) is 21.6 Å². The molecule has 1 aliphatic rings. The van der Waals surface area contributed by atoms with Gasteiger partial charge in [0.1, 0.15) is 0 Å². The van der Waals surface area contributed by atoms with Gasteiger partial charge in [-0.1, -0.05) is 12.1 Å². The van der Waals surface area contributed by atoms with Crippen LogP contribution in [0, 0.1) is 0 Å². The summed E-state index contributed by atoms with van der Waals surface area (Å²) in [6.45, 7) is 0. The van der Waals surface area contributed by atoms with Gasteiger partial charge >= 0.3 is 20.1 Å². The van der Waals surface area contributed by atoms with E-state index in [0.29, 0.717) is 10.7 Å². The molecule has 1 aliphatic heterocycles. The average Bonchev–Trinajstić information content (AvgIpc) is 2.19. The number of hydrogen-bond donors (Lipinski definition) is 2. The van der Waals surface area contributed by atoms with Crippen LogP contribution >= 0.6 is 8.25 Å². The normalized spacial score (nSPS) is 12.6. The van der Waals surface area contributed by atoms with E-state index in [-0.39, 0.29) is 0 Å². The van der Waals surface area contributed by atoms with Gasteiger partial charge < -0.3 is 0 Å². The summed E-state index contributed by atoms with van der Waals surface area (Å²) in [5.74, 6) is -1.59. The quantitative estimate of drug-likeness (QED) is 0.429. The van der Waals surface area contributed by atoms with Crippen molar-refractivity contribution < 1.29 is 23.9 Å². The van der Waals surface area contributed by atoms with Crippen LogP contribution in [0.25, 0.3) is 0 Å². The van der Waals surface area contributed by atoms with Crippen LogP contribution in [0.15, 0.2) is 34.3 Å². The third-order valence-corrected chi connectivity index (χ3v) is 1.51. The van der Waals surface area contributed by atoms with Gasteiger partial charge in [0.2, 0.25) is 0 Å². The Kier molecular flexibility index (Phi) is 4.07. The van der Waals surface area contributed by atoms with E-state index in [9.17, 15) is 9.59 Å². The molecule has 2 N–H and O–H groups in total. The maximum atomic E-state index is 10.7. The van der Waals surface area contributed by atoms with E-state index in [1.54, 1.807) is 24.3 Å². The fourth-order valence-electron chi connectivity index (χ4n) is 0.968. The zero-order valence-electron chi connectivity index (χ0n) is 7.77. The van der Waals surface area contributed by atoms with Crippen molar-refractivity contribution in [1.29, 1.82) is 0 Å². The smallest absolute Gasteiger partial charge is 0.261 e. The molecular formula is C8H6N2O5P+. The number of amides is 2. The van der Waals surface area contributed by atoms with Gasteiger partial charge in [0.25, 0.3) is 0 Å². The van der Waals surface area contributed by atoms with E-state index in [4.69, 9.17) is 14.4 Å². The van der Waals surface area contributed by atoms with Crippen LogP contribution in [0.4, 0.5) is 0 Å². The SMILES string of the molecule is O=C1N=c2ccccc2=NC1=O.O=[P+](O)O. The second-order valence-electron chi connectivity index (χ2n) is 2.58. The molecule has 0 aromatic heterocycles. The van der Waals surface area contributed by atoms with E-state index >= 15 is 0 Å². The van der Waals surface area contributed by atoms with E-state index in [1.807, 2.05) is 0 Å². The molecule has 0 fully saturated rings. The summed E-state index contributed by atoms with van der Waals surface area (Å²) in [6.07, 6.45) is 0. The Bertz CT molecular complexity index is 519. The van der Waals surface area contributed by atoms with Gasteiger partial charge in [0.05, 0.1) is 10.7 Å². The lowest BCUT2D eigenvalue weighted by molar-refractivity contribution is -0.135. The summed E-state index contributed by atoms with van der Waals surface area (Å²) in [7, 11) is -2.87. The molecule has 0 radical (unpaired) electrons. The topological polar surface area (TPSA) is 116 Å². The zero-order valence-corrected chi connectivity index (χ0v) is 8.66. The Hall–Kier alpha value is -1.82. The second-order valence-corrected chi connectivity index (χ2v) is 3.08. The molecule has 0 bridgehead atoms. The first kappa shape index (κ1) is 12.3. The van der Waals surface area contributed by atoms with Gasteiger partial charge in [-0.05, 0) is 12.1 Å². The third-order valence-electron chi connectivity index (χ3n) is 1.51. The molecule has 0 saturated heterocycles. The van der Waals surface area contributed by atoms with Crippen molar-refractivity contribution in [3.8, 4) is 0 Å². The van der Waals surface area contributed by atoms with Gasteiger partial charge in [-0.25, -0.2) is 9.98 Å². The van der Waals surface area contributed by atoms with Gasteiger partial charge in [0, 0.05) is 4.57 Å². The predicted molar refractivity (Wildman–Crippen MR) is 50.8 cm³/mol. The van der Waals surface area contributed by atoms with E-state index in [2.05, 4.69) is 9.98 Å². The number of nitrogens with zero attached hydrogens (tertiary/aromatic N) is 2. The summed E-state index contributed by atoms with van der Waals surface area (Å²) < 4.78 is 8.70. The molecule has 16 heavy (non-hydrogen) atoms. The first-order valence-electron chi connectivity index (χ1n) is 3.96. The van der Waals surface area contributed by atoms with Gasteiger partial charge in [-0.2, -0.15) is 0 Å². The lowest BCUT2D eigenvalue weighted by atomic mass is 10.3. The van der Waals surface area contributed by atoms with Crippen molar-refractivity contribution in [1.82, 2.24) is 0 Å². The molecule has 82 valence electrons. The highest BCUT2D eigenvalue weighted by molar-refractivity contribution is 7.30. The summed E-state index contributed by atoms with van der Waals surface area (Å²) in [6, 6.07) is 6.76. The monoisotopic (exact) mass is 241 g/mol. The molecule has 0 saturated carbocycles. The molecule has 1 aromatic carbocycles. The number of fused-ring (bicyclic) bond motifs is 1. The molecule has 1 aromatic rings. The predicted octanol–water partition coefficient (Wildman–Crippen LogP) is -1.38. The highest BCUT2D eigenvalue weighted by atomic mass is 31.1. The minimum atomic E-state index is -2.87. The molecule has 0 unspecified atom stereocenters. The summed E-state index contributed by atoms with van der Waals surface area (Å²) in [5.41, 5.74) is 0. The average molecular weight is 241 g/mol. The minimum absolute atomic E-state index is 0.460. The molecule has 0 aliphatic carbocycles. The molecule has 1 heterocycles. The van der Waals surface area contributed by atoms with Gasteiger partial charge in [-0.3, -0.25) is 9.59 Å². The van der Waals surface area contributed by atoms with Crippen molar-refractivity contribution in [3.63, 3.8) is 0 Å². The summed E-state index contributed by atoms with van der Waals surface area (Å²) >= 11 is 0. The maximum Gasteiger partial charge on any atom is 0.692 e. The Morgan fingerprint density at radius 2 is 1.25 bits per heavy atom. The van der Waals surface area contributed by atoms with Crippen LogP contribution in [0.3, 0.4) is 0 Å². The van der Waals surface area contributed by atoms with E-state index in [1.165, 1.54) is 0 Å². The van der Waals surface area contributed by atoms with Crippen molar-refractivity contribution >= 4 is 20.1 Å². The Morgan fingerprint density at radius 3 is 1.56 bits per heavy atom. The molecular weight excluding hydrogens is 235 g/mol. The molecule has 2 amide bonds. The fourth-order valence-corrected chi connectivity index (χ4v) is 0.968. The Balaban J connectivity index is 0.000000280. The van der Waals surface area contributed by atoms with Crippen LogP contribution in [0.2, 0.25) is 0 Å². The number of benzene rings is 1. The number of para-hydroxylation sites is 2. The fraction of sp³-hybridized carbons (Fsp3) is 0. The minimum Gasteiger partial charge on any atom is -0.261 e. The summed E-state index contributed by atoms with van der Waals surface area (Å²) in [5, 5.41) is 0.921. The van der Waals surface area contributed by atoms with Gasteiger partial charge in [-0.15, -0.1) is 9.79 Å². The highest BCUT2D eigenvalue weighted by Crippen LogP contribution is 1.98. The molecule has 2 rings (SSSR count). The Morgan fingerprint density at radius 1 is 0.938 bits per heavy atom. The second kappa shape index (κ2) is 5.32. The first-order chi connectivity index (χ1) is 7.50. The lowest BCUT2D eigenvalue weighted by Gasteiger charge is -1.94. The molecule has 0 atom stereocenters. The Labute approximate surface area is 89.7 Å². The van der Waals surface area contributed by atoms with Crippen LogP contribution in [-0.2, 0) is 14.2 Å². The largest absolute Gasteiger partial charge is 0.692 e. The van der Waals surface area contributed by atoms with Crippen molar-refractivity contribution in [2.45, 2.75) is 0 Å². The van der Waals surface area contributed by atoms with Crippen LogP contribution in [0.5, 0.6) is 0 Å². The molecule has 7 nitrogen and oxygen atoms in total. The number of carbonyl (C=O) groups is 2. The number of rotatable bonds is 0.